The molecule has 0 spiro atoms. The van der Waals surface area contributed by atoms with E-state index in [1.807, 2.05) is 13.0 Å². The second-order valence-corrected chi connectivity index (χ2v) is 5.05. The summed E-state index contributed by atoms with van der Waals surface area (Å²) < 4.78 is 4.02. The molecule has 1 N–H and O–H groups in total. The van der Waals surface area contributed by atoms with Gasteiger partial charge in [0.15, 0.2) is 0 Å². The van der Waals surface area contributed by atoms with Gasteiger partial charge >= 0.3 is 0 Å². The van der Waals surface area contributed by atoms with Gasteiger partial charge in [-0.05, 0) is 44.3 Å². The predicted octanol–water partition coefficient (Wildman–Crippen LogP) is 3.63. The summed E-state index contributed by atoms with van der Waals surface area (Å²) in [5, 5.41) is 7.62. The summed E-state index contributed by atoms with van der Waals surface area (Å²) >= 11 is 1.53. The van der Waals surface area contributed by atoms with Crippen LogP contribution in [0.25, 0.3) is 0 Å². The average molecular weight is 253 g/mol. The number of rotatable bonds is 9. The van der Waals surface area contributed by atoms with Crippen LogP contribution >= 0.6 is 11.5 Å². The van der Waals surface area contributed by atoms with Gasteiger partial charge in [0.05, 0.1) is 10.6 Å². The van der Waals surface area contributed by atoms with Crippen molar-refractivity contribution in [2.45, 2.75) is 52.0 Å². The van der Waals surface area contributed by atoms with Crippen molar-refractivity contribution < 1.29 is 0 Å². The van der Waals surface area contributed by atoms with Crippen LogP contribution in [0.1, 0.15) is 55.6 Å². The monoisotopic (exact) mass is 253 g/mol. The molecule has 0 bridgehead atoms. The van der Waals surface area contributed by atoms with Crippen molar-refractivity contribution in [2.24, 2.45) is 0 Å². The molecule has 0 saturated carbocycles. The van der Waals surface area contributed by atoms with Crippen molar-refractivity contribution in [3.05, 3.63) is 23.2 Å². The van der Waals surface area contributed by atoms with Crippen molar-refractivity contribution in [3.63, 3.8) is 0 Å². The summed E-state index contributed by atoms with van der Waals surface area (Å²) in [6, 6.07) is 0.434. The van der Waals surface area contributed by atoms with E-state index < -0.39 is 0 Å². The second kappa shape index (κ2) is 8.37. The standard InChI is InChI=1S/C13H23N3S/c1-4-6-7-8-9-10-12(14-5-2)13-11(3)15-16-17-13/h4,12,14H,1,5-10H2,2-3H3. The van der Waals surface area contributed by atoms with Crippen LogP contribution in [-0.2, 0) is 0 Å². The van der Waals surface area contributed by atoms with Crippen LogP contribution in [0.2, 0.25) is 0 Å². The SMILES string of the molecule is C=CCCCCCC(NCC)c1snnc1C. The molecule has 1 heterocycles. The van der Waals surface area contributed by atoms with E-state index >= 15 is 0 Å². The molecule has 0 aliphatic carbocycles. The van der Waals surface area contributed by atoms with Crippen LogP contribution in [-0.4, -0.2) is 16.1 Å². The fourth-order valence-electron chi connectivity index (χ4n) is 1.94. The third kappa shape index (κ3) is 4.96. The maximum absolute atomic E-state index is 4.09. The maximum Gasteiger partial charge on any atom is 0.0772 e. The van der Waals surface area contributed by atoms with E-state index in [2.05, 4.69) is 28.4 Å². The zero-order chi connectivity index (χ0) is 12.5. The molecule has 1 aromatic heterocycles. The van der Waals surface area contributed by atoms with Crippen LogP contribution in [0, 0.1) is 6.92 Å². The Bertz CT molecular complexity index is 322. The van der Waals surface area contributed by atoms with E-state index in [0.29, 0.717) is 6.04 Å². The van der Waals surface area contributed by atoms with Gasteiger partial charge in [0.25, 0.3) is 0 Å². The summed E-state index contributed by atoms with van der Waals surface area (Å²) in [7, 11) is 0. The lowest BCUT2D eigenvalue weighted by Gasteiger charge is -2.16. The zero-order valence-electron chi connectivity index (χ0n) is 10.9. The third-order valence-corrected chi connectivity index (χ3v) is 3.79. The van der Waals surface area contributed by atoms with Crippen molar-refractivity contribution in [2.75, 3.05) is 6.54 Å². The van der Waals surface area contributed by atoms with Gasteiger partial charge in [-0.15, -0.1) is 11.7 Å². The van der Waals surface area contributed by atoms with E-state index in [1.165, 1.54) is 42.1 Å². The second-order valence-electron chi connectivity index (χ2n) is 4.26. The highest BCUT2D eigenvalue weighted by Gasteiger charge is 2.15. The lowest BCUT2D eigenvalue weighted by Crippen LogP contribution is -2.20. The minimum Gasteiger partial charge on any atom is -0.309 e. The number of nitrogens with one attached hydrogen (secondary N) is 1. The lowest BCUT2D eigenvalue weighted by molar-refractivity contribution is 0.487. The molecule has 0 fully saturated rings. The molecule has 0 amide bonds. The van der Waals surface area contributed by atoms with Gasteiger partial charge in [0, 0.05) is 6.04 Å². The van der Waals surface area contributed by atoms with Crippen LogP contribution in [0.15, 0.2) is 12.7 Å². The van der Waals surface area contributed by atoms with E-state index in [1.54, 1.807) is 0 Å². The fraction of sp³-hybridized carbons (Fsp3) is 0.692. The first-order chi connectivity index (χ1) is 8.29. The van der Waals surface area contributed by atoms with Crippen molar-refractivity contribution in [3.8, 4) is 0 Å². The summed E-state index contributed by atoms with van der Waals surface area (Å²) in [5.74, 6) is 0. The van der Waals surface area contributed by atoms with Crippen molar-refractivity contribution in [1.82, 2.24) is 14.9 Å². The topological polar surface area (TPSA) is 37.8 Å². The van der Waals surface area contributed by atoms with Crippen LogP contribution in [0.4, 0.5) is 0 Å². The molecule has 1 atom stereocenters. The number of hydrogen-bond donors (Lipinski definition) is 1. The number of hydrogen-bond acceptors (Lipinski definition) is 4. The first-order valence-electron chi connectivity index (χ1n) is 6.42. The Morgan fingerprint density at radius 3 is 2.82 bits per heavy atom. The number of nitrogens with zero attached hydrogens (tertiary/aromatic N) is 2. The summed E-state index contributed by atoms with van der Waals surface area (Å²) in [5.41, 5.74) is 1.08. The molecular weight excluding hydrogens is 230 g/mol. The Labute approximate surface area is 108 Å². The maximum atomic E-state index is 4.09. The van der Waals surface area contributed by atoms with E-state index in [0.717, 1.165) is 18.7 Å². The van der Waals surface area contributed by atoms with Crippen molar-refractivity contribution in [1.29, 1.82) is 0 Å². The van der Waals surface area contributed by atoms with E-state index in [-0.39, 0.29) is 0 Å². The minimum absolute atomic E-state index is 0.434. The van der Waals surface area contributed by atoms with E-state index in [9.17, 15) is 0 Å². The van der Waals surface area contributed by atoms with Gasteiger partial charge in [-0.1, -0.05) is 30.3 Å². The van der Waals surface area contributed by atoms with E-state index in [4.69, 9.17) is 0 Å². The Morgan fingerprint density at radius 2 is 2.24 bits per heavy atom. The van der Waals surface area contributed by atoms with Crippen LogP contribution < -0.4 is 5.32 Å². The number of aryl methyl sites for hydroxylation is 1. The molecule has 0 aromatic carbocycles. The molecule has 3 nitrogen and oxygen atoms in total. The summed E-state index contributed by atoms with van der Waals surface area (Å²) in [6.07, 6.45) is 8.09. The third-order valence-electron chi connectivity index (χ3n) is 2.85. The van der Waals surface area contributed by atoms with Gasteiger partial charge in [0.2, 0.25) is 0 Å². The Hall–Kier alpha value is -0.740. The van der Waals surface area contributed by atoms with Crippen molar-refractivity contribution >= 4 is 11.5 Å². The summed E-state index contributed by atoms with van der Waals surface area (Å²) in [4.78, 5) is 1.30. The highest BCUT2D eigenvalue weighted by molar-refractivity contribution is 7.05. The highest BCUT2D eigenvalue weighted by Crippen LogP contribution is 2.24. The summed E-state index contributed by atoms with van der Waals surface area (Å²) in [6.45, 7) is 8.93. The van der Waals surface area contributed by atoms with Gasteiger partial charge in [0.1, 0.15) is 0 Å². The molecule has 0 radical (unpaired) electrons. The molecule has 0 aliphatic rings. The quantitative estimate of drug-likeness (QED) is 0.539. The molecule has 96 valence electrons. The Kier molecular flexibility index (Phi) is 7.05. The minimum atomic E-state index is 0.434. The molecule has 0 saturated heterocycles. The molecule has 17 heavy (non-hydrogen) atoms. The fourth-order valence-corrected chi connectivity index (χ4v) is 2.70. The molecule has 1 unspecified atom stereocenters. The number of unbranched alkanes of at least 4 members (excludes halogenated alkanes) is 3. The van der Waals surface area contributed by atoms with Gasteiger partial charge < -0.3 is 5.32 Å². The molecule has 4 heteroatoms. The van der Waals surface area contributed by atoms with Gasteiger partial charge in [-0.2, -0.15) is 0 Å². The smallest absolute Gasteiger partial charge is 0.0772 e. The number of aromatic nitrogens is 2. The van der Waals surface area contributed by atoms with Crippen LogP contribution in [0.5, 0.6) is 0 Å². The highest BCUT2D eigenvalue weighted by atomic mass is 32.1. The Morgan fingerprint density at radius 1 is 1.41 bits per heavy atom. The molecule has 1 rings (SSSR count). The molecular formula is C13H23N3S. The zero-order valence-corrected chi connectivity index (χ0v) is 11.7. The molecule has 1 aromatic rings. The molecule has 0 aliphatic heterocycles. The number of allylic oxidation sites excluding steroid dienone is 1. The van der Waals surface area contributed by atoms with Gasteiger partial charge in [-0.3, -0.25) is 0 Å². The normalized spacial score (nSPS) is 12.6. The largest absolute Gasteiger partial charge is 0.309 e. The first-order valence-corrected chi connectivity index (χ1v) is 7.20. The van der Waals surface area contributed by atoms with Crippen LogP contribution in [0.3, 0.4) is 0 Å². The average Bonchev–Trinajstić information content (AvgIpc) is 2.74. The first kappa shape index (κ1) is 14.3. The van der Waals surface area contributed by atoms with Gasteiger partial charge in [-0.25, -0.2) is 0 Å². The lowest BCUT2D eigenvalue weighted by atomic mass is 10.0. The predicted molar refractivity (Wildman–Crippen MR) is 74.3 cm³/mol. The Balaban J connectivity index is 2.39.